The van der Waals surface area contributed by atoms with Gasteiger partial charge >= 0.3 is 5.97 Å². The van der Waals surface area contributed by atoms with Gasteiger partial charge in [0.15, 0.2) is 0 Å². The summed E-state index contributed by atoms with van der Waals surface area (Å²) in [5.74, 6) is -0.400. The van der Waals surface area contributed by atoms with Crippen molar-refractivity contribution in [3.8, 4) is 11.1 Å². The Labute approximate surface area is 99.1 Å². The molecule has 0 aliphatic heterocycles. The maximum atomic E-state index is 11.4. The highest BCUT2D eigenvalue weighted by Gasteiger charge is 2.07. The van der Waals surface area contributed by atoms with Crippen molar-refractivity contribution in [2.24, 2.45) is 0 Å². The molecule has 2 N–H and O–H groups in total. The minimum absolute atomic E-state index is 0.400. The van der Waals surface area contributed by atoms with Crippen molar-refractivity contribution in [3.05, 3.63) is 48.3 Å². The first kappa shape index (κ1) is 11.1. The van der Waals surface area contributed by atoms with Gasteiger partial charge in [-0.1, -0.05) is 12.1 Å². The number of nitrogens with zero attached hydrogens (tertiary/aromatic N) is 1. The Balaban J connectivity index is 2.43. The van der Waals surface area contributed by atoms with Gasteiger partial charge in [-0.15, -0.1) is 0 Å². The second-order valence-electron chi connectivity index (χ2n) is 3.58. The van der Waals surface area contributed by atoms with E-state index in [1.165, 1.54) is 13.3 Å². The summed E-state index contributed by atoms with van der Waals surface area (Å²) in [5.41, 5.74) is 8.56. The molecule has 4 heteroatoms. The van der Waals surface area contributed by atoms with Crippen LogP contribution >= 0.6 is 0 Å². The Hall–Kier alpha value is -2.36. The molecule has 0 aliphatic carbocycles. The smallest absolute Gasteiger partial charge is 0.339 e. The van der Waals surface area contributed by atoms with Crippen molar-refractivity contribution >= 4 is 11.7 Å². The second-order valence-corrected chi connectivity index (χ2v) is 3.58. The Morgan fingerprint density at radius 2 is 2.06 bits per heavy atom. The van der Waals surface area contributed by atoms with Crippen molar-refractivity contribution < 1.29 is 9.53 Å². The maximum Gasteiger partial charge on any atom is 0.339 e. The summed E-state index contributed by atoms with van der Waals surface area (Å²) in [7, 11) is 1.34. The molecule has 1 aromatic carbocycles. The summed E-state index contributed by atoms with van der Waals surface area (Å²) >= 11 is 0. The van der Waals surface area contributed by atoms with E-state index >= 15 is 0 Å². The third-order valence-corrected chi connectivity index (χ3v) is 2.38. The zero-order chi connectivity index (χ0) is 12.3. The number of ether oxygens (including phenoxy) is 1. The first-order chi connectivity index (χ1) is 8.20. The van der Waals surface area contributed by atoms with E-state index in [4.69, 9.17) is 5.73 Å². The van der Waals surface area contributed by atoms with Crippen molar-refractivity contribution in [2.45, 2.75) is 0 Å². The number of hydrogen-bond donors (Lipinski definition) is 1. The number of hydrogen-bond acceptors (Lipinski definition) is 4. The molecule has 0 saturated heterocycles. The van der Waals surface area contributed by atoms with Gasteiger partial charge < -0.3 is 10.5 Å². The zero-order valence-corrected chi connectivity index (χ0v) is 9.38. The van der Waals surface area contributed by atoms with Crippen LogP contribution in [0.1, 0.15) is 10.4 Å². The number of nitrogens with two attached hydrogens (primary N) is 1. The van der Waals surface area contributed by atoms with Crippen molar-refractivity contribution in [2.75, 3.05) is 12.8 Å². The number of anilines is 1. The van der Waals surface area contributed by atoms with Crippen LogP contribution in [0.2, 0.25) is 0 Å². The summed E-state index contributed by atoms with van der Waals surface area (Å²) in [6.07, 6.45) is 3.16. The van der Waals surface area contributed by atoms with E-state index in [-0.39, 0.29) is 0 Å². The standard InChI is InChI=1S/C13H12N2O2/c1-17-13(16)11-5-10(7-15-8-11)9-3-2-4-12(14)6-9/h2-8H,14H2,1H3. The van der Waals surface area contributed by atoms with Gasteiger partial charge in [0.2, 0.25) is 0 Å². The summed E-state index contributed by atoms with van der Waals surface area (Å²) in [6, 6.07) is 9.14. The number of pyridine rings is 1. The molecule has 0 aliphatic rings. The van der Waals surface area contributed by atoms with E-state index in [2.05, 4.69) is 9.72 Å². The Morgan fingerprint density at radius 1 is 1.24 bits per heavy atom. The van der Waals surface area contributed by atoms with Crippen LogP contribution in [0.15, 0.2) is 42.7 Å². The van der Waals surface area contributed by atoms with Crippen LogP contribution in [0.5, 0.6) is 0 Å². The van der Waals surface area contributed by atoms with Gasteiger partial charge in [0.25, 0.3) is 0 Å². The van der Waals surface area contributed by atoms with Crippen LogP contribution in [0.4, 0.5) is 5.69 Å². The van der Waals surface area contributed by atoms with Crippen LogP contribution in [0, 0.1) is 0 Å². The first-order valence-corrected chi connectivity index (χ1v) is 5.10. The van der Waals surface area contributed by atoms with Crippen LogP contribution in [0.25, 0.3) is 11.1 Å². The predicted molar refractivity (Wildman–Crippen MR) is 65.4 cm³/mol. The van der Waals surface area contributed by atoms with Gasteiger partial charge in [-0.25, -0.2) is 4.79 Å². The average Bonchev–Trinajstić information content (AvgIpc) is 2.38. The molecule has 0 radical (unpaired) electrons. The fourth-order valence-electron chi connectivity index (χ4n) is 1.55. The number of methoxy groups -OCH3 is 1. The number of carbonyl (C=O) groups excluding carboxylic acids is 1. The molecular weight excluding hydrogens is 216 g/mol. The molecule has 0 saturated carbocycles. The number of nitrogen functional groups attached to an aromatic ring is 1. The Bertz CT molecular complexity index is 553. The summed E-state index contributed by atoms with van der Waals surface area (Å²) in [4.78, 5) is 15.4. The minimum atomic E-state index is -0.400. The third kappa shape index (κ3) is 2.42. The normalized spacial score (nSPS) is 9.94. The SMILES string of the molecule is COC(=O)c1cncc(-c2cccc(N)c2)c1. The van der Waals surface area contributed by atoms with Gasteiger partial charge in [0, 0.05) is 23.6 Å². The predicted octanol–water partition coefficient (Wildman–Crippen LogP) is 2.12. The molecule has 0 fully saturated rings. The molecule has 0 amide bonds. The highest BCUT2D eigenvalue weighted by atomic mass is 16.5. The zero-order valence-electron chi connectivity index (χ0n) is 9.38. The van der Waals surface area contributed by atoms with Gasteiger partial charge in [-0.3, -0.25) is 4.98 Å². The molecule has 0 unspecified atom stereocenters. The maximum absolute atomic E-state index is 11.4. The van der Waals surface area contributed by atoms with Crippen LogP contribution < -0.4 is 5.73 Å². The minimum Gasteiger partial charge on any atom is -0.465 e. The highest BCUT2D eigenvalue weighted by Crippen LogP contribution is 2.21. The largest absolute Gasteiger partial charge is 0.465 e. The van der Waals surface area contributed by atoms with Gasteiger partial charge in [-0.05, 0) is 23.8 Å². The molecule has 4 nitrogen and oxygen atoms in total. The molecule has 0 bridgehead atoms. The van der Waals surface area contributed by atoms with Gasteiger partial charge in [0.1, 0.15) is 0 Å². The van der Waals surface area contributed by atoms with E-state index in [0.29, 0.717) is 11.3 Å². The summed E-state index contributed by atoms with van der Waals surface area (Å²) < 4.78 is 4.65. The lowest BCUT2D eigenvalue weighted by Crippen LogP contribution is -2.01. The first-order valence-electron chi connectivity index (χ1n) is 5.10. The number of esters is 1. The molecule has 0 spiro atoms. The molecule has 17 heavy (non-hydrogen) atoms. The third-order valence-electron chi connectivity index (χ3n) is 2.38. The fourth-order valence-corrected chi connectivity index (χ4v) is 1.55. The van der Waals surface area contributed by atoms with E-state index < -0.39 is 5.97 Å². The van der Waals surface area contributed by atoms with Crippen LogP contribution in [-0.4, -0.2) is 18.1 Å². The van der Waals surface area contributed by atoms with E-state index in [9.17, 15) is 4.79 Å². The molecular formula is C13H12N2O2. The number of aromatic nitrogens is 1. The number of benzene rings is 1. The lowest BCUT2D eigenvalue weighted by atomic mass is 10.1. The Morgan fingerprint density at radius 3 is 2.76 bits per heavy atom. The molecule has 1 heterocycles. The van der Waals surface area contributed by atoms with E-state index in [1.807, 2.05) is 18.2 Å². The number of rotatable bonds is 2. The van der Waals surface area contributed by atoms with Crippen molar-refractivity contribution in [3.63, 3.8) is 0 Å². The summed E-state index contributed by atoms with van der Waals surface area (Å²) in [5, 5.41) is 0. The fraction of sp³-hybridized carbons (Fsp3) is 0.0769. The quantitative estimate of drug-likeness (QED) is 0.631. The molecule has 86 valence electrons. The van der Waals surface area contributed by atoms with E-state index in [0.717, 1.165) is 11.1 Å². The molecule has 1 aromatic heterocycles. The van der Waals surface area contributed by atoms with Gasteiger partial charge in [-0.2, -0.15) is 0 Å². The lowest BCUT2D eigenvalue weighted by molar-refractivity contribution is 0.0600. The lowest BCUT2D eigenvalue weighted by Gasteiger charge is -2.04. The Kier molecular flexibility index (Phi) is 3.05. The molecule has 2 aromatic rings. The monoisotopic (exact) mass is 228 g/mol. The molecule has 0 atom stereocenters. The average molecular weight is 228 g/mol. The van der Waals surface area contributed by atoms with Crippen molar-refractivity contribution in [1.29, 1.82) is 0 Å². The van der Waals surface area contributed by atoms with E-state index in [1.54, 1.807) is 18.3 Å². The summed E-state index contributed by atoms with van der Waals surface area (Å²) in [6.45, 7) is 0. The topological polar surface area (TPSA) is 65.2 Å². The second kappa shape index (κ2) is 4.65. The van der Waals surface area contributed by atoms with Crippen molar-refractivity contribution in [1.82, 2.24) is 4.98 Å². The number of carbonyl (C=O) groups is 1. The van der Waals surface area contributed by atoms with Gasteiger partial charge in [0.05, 0.1) is 12.7 Å². The molecule has 2 rings (SSSR count). The van der Waals surface area contributed by atoms with Crippen LogP contribution in [-0.2, 0) is 4.74 Å². The highest BCUT2D eigenvalue weighted by molar-refractivity contribution is 5.90. The van der Waals surface area contributed by atoms with Crippen LogP contribution in [0.3, 0.4) is 0 Å².